The largest absolute Gasteiger partial charge is 0.461 e. The van der Waals surface area contributed by atoms with E-state index in [0.717, 1.165) is 5.56 Å². The Morgan fingerprint density at radius 2 is 1.79 bits per heavy atom. The van der Waals surface area contributed by atoms with Crippen LogP contribution in [0.5, 0.6) is 0 Å². The quantitative estimate of drug-likeness (QED) is 0.614. The highest BCUT2D eigenvalue weighted by molar-refractivity contribution is 6.31. The zero-order chi connectivity index (χ0) is 19.9. The minimum Gasteiger partial charge on any atom is -0.461 e. The molecule has 3 rings (SSSR count). The number of nitrogens with zero attached hydrogens (tertiary/aromatic N) is 3. The first-order valence-electron chi connectivity index (χ1n) is 8.55. The summed E-state index contributed by atoms with van der Waals surface area (Å²) >= 11 is 6.21. The van der Waals surface area contributed by atoms with E-state index < -0.39 is 12.0 Å². The summed E-state index contributed by atoms with van der Waals surface area (Å²) in [5, 5.41) is 13.7. The van der Waals surface area contributed by atoms with Gasteiger partial charge >= 0.3 is 12.0 Å². The molecule has 2 amide bonds. The van der Waals surface area contributed by atoms with Gasteiger partial charge in [-0.2, -0.15) is 0 Å². The summed E-state index contributed by atoms with van der Waals surface area (Å²) in [5.74, 6) is -0.560. The molecule has 0 aliphatic heterocycles. The Kier molecular flexibility index (Phi) is 6.23. The van der Waals surface area contributed by atoms with Crippen LogP contribution in [-0.4, -0.2) is 33.6 Å². The number of carbonyl (C=O) groups is 2. The topological polar surface area (TPSA) is 98.1 Å². The van der Waals surface area contributed by atoms with Gasteiger partial charge in [-0.1, -0.05) is 53.2 Å². The average Bonchev–Trinajstić information content (AvgIpc) is 3.07. The predicted octanol–water partition coefficient (Wildman–Crippen LogP) is 3.80. The highest BCUT2D eigenvalue weighted by Gasteiger charge is 2.23. The lowest BCUT2D eigenvalue weighted by Gasteiger charge is -2.11. The van der Waals surface area contributed by atoms with Crippen LogP contribution in [0.3, 0.4) is 0 Å². The van der Waals surface area contributed by atoms with Gasteiger partial charge in [0.25, 0.3) is 0 Å². The third-order valence-electron chi connectivity index (χ3n) is 3.75. The third kappa shape index (κ3) is 4.66. The summed E-state index contributed by atoms with van der Waals surface area (Å²) in [5.41, 5.74) is 1.27. The Morgan fingerprint density at radius 3 is 2.50 bits per heavy atom. The molecular formula is C19H18ClN5O3. The minimum atomic E-state index is -0.678. The molecule has 0 aliphatic carbocycles. The van der Waals surface area contributed by atoms with Gasteiger partial charge in [-0.15, -0.1) is 5.10 Å². The van der Waals surface area contributed by atoms with Crippen molar-refractivity contribution in [3.63, 3.8) is 0 Å². The molecule has 0 fully saturated rings. The van der Waals surface area contributed by atoms with E-state index in [9.17, 15) is 9.59 Å². The van der Waals surface area contributed by atoms with Gasteiger partial charge in [0.2, 0.25) is 5.69 Å². The van der Waals surface area contributed by atoms with Crippen LogP contribution in [0, 0.1) is 0 Å². The van der Waals surface area contributed by atoms with Crippen LogP contribution < -0.4 is 10.6 Å². The van der Waals surface area contributed by atoms with Crippen LogP contribution in [0.25, 0.3) is 0 Å². The fourth-order valence-electron chi connectivity index (χ4n) is 2.46. The molecular weight excluding hydrogens is 382 g/mol. The second-order valence-corrected chi connectivity index (χ2v) is 6.11. The molecule has 0 atom stereocenters. The molecule has 0 aliphatic rings. The number of para-hydroxylation sites is 1. The maximum Gasteiger partial charge on any atom is 0.362 e. The van der Waals surface area contributed by atoms with Crippen molar-refractivity contribution in [1.82, 2.24) is 15.0 Å². The van der Waals surface area contributed by atoms with Crippen LogP contribution in [0.4, 0.5) is 16.3 Å². The third-order valence-corrected chi connectivity index (χ3v) is 4.11. The van der Waals surface area contributed by atoms with Crippen molar-refractivity contribution < 1.29 is 14.3 Å². The van der Waals surface area contributed by atoms with Gasteiger partial charge in [0.05, 0.1) is 13.2 Å². The van der Waals surface area contributed by atoms with Gasteiger partial charge < -0.3 is 10.1 Å². The number of urea groups is 1. The first kappa shape index (κ1) is 19.4. The first-order valence-corrected chi connectivity index (χ1v) is 8.93. The number of ether oxygens (including phenoxy) is 1. The van der Waals surface area contributed by atoms with E-state index in [4.69, 9.17) is 16.3 Å². The average molecular weight is 400 g/mol. The molecule has 0 radical (unpaired) electrons. The Hall–Kier alpha value is -3.39. The standard InChI is InChI=1S/C19H18ClN5O3/c1-2-28-18(26)16-17(22-19(27)21-14-9-4-3-5-10-14)25(24-23-16)12-13-8-6-7-11-15(13)20/h3-11H,2,12H2,1H3,(H2,21,22,27). The molecule has 9 heteroatoms. The van der Waals surface area contributed by atoms with Crippen molar-refractivity contribution in [1.29, 1.82) is 0 Å². The van der Waals surface area contributed by atoms with E-state index in [1.807, 2.05) is 24.3 Å². The van der Waals surface area contributed by atoms with E-state index in [1.165, 1.54) is 4.68 Å². The molecule has 8 nitrogen and oxygen atoms in total. The van der Waals surface area contributed by atoms with Gasteiger partial charge in [0.1, 0.15) is 0 Å². The minimum absolute atomic E-state index is 0.0860. The Balaban J connectivity index is 1.87. The van der Waals surface area contributed by atoms with Crippen LogP contribution in [0.2, 0.25) is 5.02 Å². The number of esters is 1. The zero-order valence-electron chi connectivity index (χ0n) is 15.1. The number of nitrogens with one attached hydrogen (secondary N) is 2. The number of aromatic nitrogens is 3. The number of amides is 2. The molecule has 1 aromatic heterocycles. The Labute approximate surface area is 166 Å². The summed E-state index contributed by atoms with van der Waals surface area (Å²) in [6.07, 6.45) is 0. The molecule has 144 valence electrons. The maximum absolute atomic E-state index is 12.4. The number of benzene rings is 2. The van der Waals surface area contributed by atoms with Crippen LogP contribution in [-0.2, 0) is 11.3 Å². The summed E-state index contributed by atoms with van der Waals surface area (Å²) in [6, 6.07) is 15.6. The molecule has 3 aromatic rings. The molecule has 0 saturated heterocycles. The van der Waals surface area contributed by atoms with E-state index in [2.05, 4.69) is 20.9 Å². The number of rotatable bonds is 6. The SMILES string of the molecule is CCOC(=O)c1nnn(Cc2ccccc2Cl)c1NC(=O)Nc1ccccc1. The maximum atomic E-state index is 12.4. The lowest BCUT2D eigenvalue weighted by Crippen LogP contribution is -2.23. The lowest BCUT2D eigenvalue weighted by atomic mass is 10.2. The van der Waals surface area contributed by atoms with Crippen molar-refractivity contribution in [2.45, 2.75) is 13.5 Å². The fraction of sp³-hybridized carbons (Fsp3) is 0.158. The number of hydrogen-bond acceptors (Lipinski definition) is 5. The highest BCUT2D eigenvalue weighted by Crippen LogP contribution is 2.20. The smallest absolute Gasteiger partial charge is 0.362 e. The van der Waals surface area contributed by atoms with Gasteiger partial charge in [-0.25, -0.2) is 14.3 Å². The van der Waals surface area contributed by atoms with Crippen molar-refractivity contribution >= 4 is 35.1 Å². The molecule has 0 saturated carbocycles. The first-order chi connectivity index (χ1) is 13.6. The highest BCUT2D eigenvalue weighted by atomic mass is 35.5. The second kappa shape index (κ2) is 9.01. The van der Waals surface area contributed by atoms with Crippen molar-refractivity contribution in [2.24, 2.45) is 0 Å². The number of carbonyl (C=O) groups excluding carboxylic acids is 2. The van der Waals surface area contributed by atoms with E-state index >= 15 is 0 Å². The van der Waals surface area contributed by atoms with Crippen LogP contribution in [0.15, 0.2) is 54.6 Å². The fourth-order valence-corrected chi connectivity index (χ4v) is 2.66. The Morgan fingerprint density at radius 1 is 1.07 bits per heavy atom. The molecule has 0 unspecified atom stereocenters. The van der Waals surface area contributed by atoms with Crippen LogP contribution in [0.1, 0.15) is 23.0 Å². The van der Waals surface area contributed by atoms with E-state index in [1.54, 1.807) is 37.3 Å². The van der Waals surface area contributed by atoms with E-state index in [0.29, 0.717) is 10.7 Å². The second-order valence-electron chi connectivity index (χ2n) is 5.70. The molecule has 2 N–H and O–H groups in total. The summed E-state index contributed by atoms with van der Waals surface area (Å²) < 4.78 is 6.39. The molecule has 2 aromatic carbocycles. The number of hydrogen-bond donors (Lipinski definition) is 2. The summed E-state index contributed by atoms with van der Waals surface area (Å²) in [7, 11) is 0. The van der Waals surface area contributed by atoms with E-state index in [-0.39, 0.29) is 24.7 Å². The summed E-state index contributed by atoms with van der Waals surface area (Å²) in [4.78, 5) is 24.6. The molecule has 0 spiro atoms. The van der Waals surface area contributed by atoms with Gasteiger partial charge in [0, 0.05) is 10.7 Å². The lowest BCUT2D eigenvalue weighted by molar-refractivity contribution is 0.0520. The van der Waals surface area contributed by atoms with Gasteiger partial charge in [0.15, 0.2) is 5.82 Å². The van der Waals surface area contributed by atoms with Crippen molar-refractivity contribution in [3.05, 3.63) is 70.9 Å². The monoisotopic (exact) mass is 399 g/mol. The molecule has 0 bridgehead atoms. The van der Waals surface area contributed by atoms with Crippen molar-refractivity contribution in [3.8, 4) is 0 Å². The normalized spacial score (nSPS) is 10.4. The van der Waals surface area contributed by atoms with Crippen LogP contribution >= 0.6 is 11.6 Å². The van der Waals surface area contributed by atoms with Crippen molar-refractivity contribution in [2.75, 3.05) is 17.2 Å². The van der Waals surface area contributed by atoms with Gasteiger partial charge in [-0.05, 0) is 30.7 Å². The molecule has 1 heterocycles. The number of halogens is 1. The zero-order valence-corrected chi connectivity index (χ0v) is 15.8. The number of anilines is 2. The summed E-state index contributed by atoms with van der Waals surface area (Å²) in [6.45, 7) is 2.07. The predicted molar refractivity (Wildman–Crippen MR) is 106 cm³/mol. The molecule has 28 heavy (non-hydrogen) atoms. The Bertz CT molecular complexity index is 975. The van der Waals surface area contributed by atoms with Gasteiger partial charge in [-0.3, -0.25) is 5.32 Å².